The van der Waals surface area contributed by atoms with E-state index >= 15 is 0 Å². The first kappa shape index (κ1) is 19.1. The van der Waals surface area contributed by atoms with Gasteiger partial charge in [0.25, 0.3) is 0 Å². The summed E-state index contributed by atoms with van der Waals surface area (Å²) in [6, 6.07) is 14.9. The van der Waals surface area contributed by atoms with Crippen LogP contribution in [0.15, 0.2) is 48.5 Å². The molecule has 0 aliphatic rings. The summed E-state index contributed by atoms with van der Waals surface area (Å²) >= 11 is 5.82. The number of halogens is 1. The van der Waals surface area contributed by atoms with E-state index in [1.54, 1.807) is 12.1 Å². The average molecular weight is 363 g/mol. The van der Waals surface area contributed by atoms with E-state index in [2.05, 4.69) is 10.6 Å². The maximum absolute atomic E-state index is 11.6. The third-order valence-corrected chi connectivity index (χ3v) is 3.70. The van der Waals surface area contributed by atoms with Gasteiger partial charge in [0.05, 0.1) is 0 Å². The second kappa shape index (κ2) is 10.6. The molecule has 0 atom stereocenters. The number of carbonyl (C=O) groups is 1. The number of carbonyl (C=O) groups excluding carboxylic acids is 1. The number of amides is 1. The van der Waals surface area contributed by atoms with Crippen molar-refractivity contribution < 1.29 is 14.3 Å². The molecule has 25 heavy (non-hydrogen) atoms. The first-order valence-electron chi connectivity index (χ1n) is 8.19. The van der Waals surface area contributed by atoms with Gasteiger partial charge >= 0.3 is 0 Å². The Morgan fingerprint density at radius 3 is 2.08 bits per heavy atom. The third-order valence-electron chi connectivity index (χ3n) is 3.45. The van der Waals surface area contributed by atoms with Crippen molar-refractivity contribution in [3.63, 3.8) is 0 Å². The molecule has 2 N–H and O–H groups in total. The molecule has 0 aromatic heterocycles. The summed E-state index contributed by atoms with van der Waals surface area (Å²) in [5.41, 5.74) is 1.03. The molecule has 0 fully saturated rings. The van der Waals surface area contributed by atoms with Crippen LogP contribution in [0.5, 0.6) is 11.5 Å². The predicted molar refractivity (Wildman–Crippen MR) is 99.3 cm³/mol. The first-order valence-corrected chi connectivity index (χ1v) is 8.56. The molecule has 0 radical (unpaired) electrons. The molecule has 5 nitrogen and oxygen atoms in total. The quantitative estimate of drug-likeness (QED) is 0.638. The van der Waals surface area contributed by atoms with Gasteiger partial charge in [-0.1, -0.05) is 23.7 Å². The van der Waals surface area contributed by atoms with Crippen molar-refractivity contribution in [1.82, 2.24) is 10.6 Å². The SMILES string of the molecule is CNCCC(=O)NCc1ccc(OCCOc2ccc(Cl)cc2)cc1. The third kappa shape index (κ3) is 7.45. The summed E-state index contributed by atoms with van der Waals surface area (Å²) in [6.45, 7) is 2.09. The van der Waals surface area contributed by atoms with Crippen LogP contribution in [0.4, 0.5) is 0 Å². The fraction of sp³-hybridized carbons (Fsp3) is 0.316. The summed E-state index contributed by atoms with van der Waals surface area (Å²) in [5, 5.41) is 6.51. The minimum atomic E-state index is 0.0361. The molecule has 0 aliphatic heterocycles. The second-order valence-corrected chi connectivity index (χ2v) is 5.86. The summed E-state index contributed by atoms with van der Waals surface area (Å²) in [4.78, 5) is 11.6. The number of hydrogen-bond donors (Lipinski definition) is 2. The predicted octanol–water partition coefficient (Wildman–Crippen LogP) is 3.02. The highest BCUT2D eigenvalue weighted by atomic mass is 35.5. The number of hydrogen-bond acceptors (Lipinski definition) is 4. The van der Waals surface area contributed by atoms with Gasteiger partial charge in [0.1, 0.15) is 24.7 Å². The fourth-order valence-corrected chi connectivity index (χ4v) is 2.21. The molecule has 0 unspecified atom stereocenters. The molecule has 0 saturated carbocycles. The van der Waals surface area contributed by atoms with Gasteiger partial charge in [0.2, 0.25) is 5.91 Å². The summed E-state index contributed by atoms with van der Waals surface area (Å²) in [7, 11) is 1.83. The zero-order valence-electron chi connectivity index (χ0n) is 14.3. The summed E-state index contributed by atoms with van der Waals surface area (Å²) in [6.07, 6.45) is 0.477. The second-order valence-electron chi connectivity index (χ2n) is 5.43. The van der Waals surface area contributed by atoms with Gasteiger partial charge in [-0.15, -0.1) is 0 Å². The molecular weight excluding hydrogens is 340 g/mol. The van der Waals surface area contributed by atoms with Gasteiger partial charge in [-0.05, 0) is 49.0 Å². The lowest BCUT2D eigenvalue weighted by atomic mass is 10.2. The Labute approximate surface area is 153 Å². The monoisotopic (exact) mass is 362 g/mol. The first-order chi connectivity index (χ1) is 12.2. The van der Waals surface area contributed by atoms with E-state index in [0.717, 1.165) is 17.1 Å². The van der Waals surface area contributed by atoms with Crippen molar-refractivity contribution in [3.8, 4) is 11.5 Å². The fourth-order valence-electron chi connectivity index (χ4n) is 2.08. The van der Waals surface area contributed by atoms with E-state index in [-0.39, 0.29) is 5.91 Å². The van der Waals surface area contributed by atoms with Crippen LogP contribution in [-0.4, -0.2) is 32.7 Å². The normalized spacial score (nSPS) is 10.3. The molecule has 0 heterocycles. The number of nitrogens with one attached hydrogen (secondary N) is 2. The number of ether oxygens (including phenoxy) is 2. The maximum atomic E-state index is 11.6. The van der Waals surface area contributed by atoms with E-state index < -0.39 is 0 Å². The molecule has 0 spiro atoms. The Hall–Kier alpha value is -2.24. The van der Waals surface area contributed by atoms with Gasteiger partial charge in [0, 0.05) is 24.5 Å². The van der Waals surface area contributed by atoms with Crippen molar-refractivity contribution in [2.45, 2.75) is 13.0 Å². The minimum Gasteiger partial charge on any atom is -0.490 e. The molecule has 0 bridgehead atoms. The van der Waals surface area contributed by atoms with Crippen molar-refractivity contribution in [1.29, 1.82) is 0 Å². The van der Waals surface area contributed by atoms with Crippen molar-refractivity contribution in [3.05, 3.63) is 59.1 Å². The topological polar surface area (TPSA) is 59.6 Å². The Morgan fingerprint density at radius 2 is 1.52 bits per heavy atom. The molecule has 2 aromatic rings. The van der Waals surface area contributed by atoms with Gasteiger partial charge < -0.3 is 20.1 Å². The highest BCUT2D eigenvalue weighted by Gasteiger charge is 2.01. The summed E-state index contributed by atoms with van der Waals surface area (Å²) in [5.74, 6) is 1.57. The van der Waals surface area contributed by atoms with Gasteiger partial charge in [-0.2, -0.15) is 0 Å². The van der Waals surface area contributed by atoms with Crippen molar-refractivity contribution in [2.75, 3.05) is 26.8 Å². The van der Waals surface area contributed by atoms with Crippen LogP contribution in [-0.2, 0) is 11.3 Å². The van der Waals surface area contributed by atoms with E-state index in [1.807, 2.05) is 43.4 Å². The minimum absolute atomic E-state index is 0.0361. The molecule has 0 aliphatic carbocycles. The Kier molecular flexibility index (Phi) is 8.09. The zero-order valence-corrected chi connectivity index (χ0v) is 15.0. The van der Waals surface area contributed by atoms with Gasteiger partial charge in [-0.3, -0.25) is 4.79 Å². The smallest absolute Gasteiger partial charge is 0.221 e. The Bertz CT molecular complexity index is 645. The maximum Gasteiger partial charge on any atom is 0.221 e. The van der Waals surface area contributed by atoms with Crippen LogP contribution in [0.3, 0.4) is 0 Å². The Balaban J connectivity index is 1.66. The van der Waals surface area contributed by atoms with E-state index in [9.17, 15) is 4.79 Å². The molecule has 1 amide bonds. The van der Waals surface area contributed by atoms with E-state index in [0.29, 0.717) is 37.7 Å². The highest BCUT2D eigenvalue weighted by molar-refractivity contribution is 6.30. The largest absolute Gasteiger partial charge is 0.490 e. The van der Waals surface area contributed by atoms with Crippen LogP contribution in [0, 0.1) is 0 Å². The lowest BCUT2D eigenvalue weighted by molar-refractivity contribution is -0.121. The molecular formula is C19H23ClN2O3. The van der Waals surface area contributed by atoms with Crippen LogP contribution < -0.4 is 20.1 Å². The van der Waals surface area contributed by atoms with Crippen LogP contribution >= 0.6 is 11.6 Å². The van der Waals surface area contributed by atoms with Gasteiger partial charge in [0.15, 0.2) is 0 Å². The summed E-state index contributed by atoms with van der Waals surface area (Å²) < 4.78 is 11.2. The van der Waals surface area contributed by atoms with Crippen molar-refractivity contribution >= 4 is 17.5 Å². The van der Waals surface area contributed by atoms with E-state index in [4.69, 9.17) is 21.1 Å². The van der Waals surface area contributed by atoms with Crippen molar-refractivity contribution in [2.24, 2.45) is 0 Å². The molecule has 0 saturated heterocycles. The van der Waals surface area contributed by atoms with Crippen LogP contribution in [0.25, 0.3) is 0 Å². The average Bonchev–Trinajstić information content (AvgIpc) is 2.64. The molecule has 2 rings (SSSR count). The zero-order chi connectivity index (χ0) is 17.9. The van der Waals surface area contributed by atoms with Gasteiger partial charge in [-0.25, -0.2) is 0 Å². The number of benzene rings is 2. The van der Waals surface area contributed by atoms with Crippen LogP contribution in [0.1, 0.15) is 12.0 Å². The molecule has 2 aromatic carbocycles. The molecule has 6 heteroatoms. The lowest BCUT2D eigenvalue weighted by Gasteiger charge is -2.09. The van der Waals surface area contributed by atoms with Crippen LogP contribution in [0.2, 0.25) is 5.02 Å². The molecule has 134 valence electrons. The lowest BCUT2D eigenvalue weighted by Crippen LogP contribution is -2.26. The van der Waals surface area contributed by atoms with E-state index in [1.165, 1.54) is 0 Å². The number of rotatable bonds is 10. The standard InChI is InChI=1S/C19H23ClN2O3/c1-21-11-10-19(23)22-14-15-2-6-17(7-3-15)24-12-13-25-18-8-4-16(20)5-9-18/h2-9,21H,10-14H2,1H3,(H,22,23). The Morgan fingerprint density at radius 1 is 0.960 bits per heavy atom. The highest BCUT2D eigenvalue weighted by Crippen LogP contribution is 2.16.